The van der Waals surface area contributed by atoms with Gasteiger partial charge in [0.15, 0.2) is 0 Å². The monoisotopic (exact) mass is 440 g/mol. The van der Waals surface area contributed by atoms with Gasteiger partial charge in [-0.2, -0.15) is 0 Å². The van der Waals surface area contributed by atoms with Gasteiger partial charge in [-0.3, -0.25) is 4.79 Å². The Morgan fingerprint density at radius 2 is 1.70 bits per heavy atom. The quantitative estimate of drug-likeness (QED) is 0.429. The third kappa shape index (κ3) is 5.32. The van der Waals surface area contributed by atoms with Crippen molar-refractivity contribution in [3.63, 3.8) is 0 Å². The van der Waals surface area contributed by atoms with E-state index < -0.39 is 9.96 Å². The predicted octanol–water partition coefficient (Wildman–Crippen LogP) is 5.05. The van der Waals surface area contributed by atoms with Gasteiger partial charge in [0.2, 0.25) is 8.92 Å². The summed E-state index contributed by atoms with van der Waals surface area (Å²) in [6, 6.07) is 16.6. The first-order valence-corrected chi connectivity index (χ1v) is 9.87. The van der Waals surface area contributed by atoms with Crippen LogP contribution in [-0.2, 0) is 0 Å². The number of hydrogen-bond acceptors (Lipinski definition) is 5. The minimum Gasteiger partial charge on any atom is -0.336 e. The first-order chi connectivity index (χ1) is 12.8. The van der Waals surface area contributed by atoms with Crippen LogP contribution < -0.4 is 10.6 Å². The molecule has 0 saturated heterocycles. The van der Waals surface area contributed by atoms with E-state index in [0.717, 1.165) is 16.1 Å². The highest BCUT2D eigenvalue weighted by Crippen LogP contribution is 2.33. The van der Waals surface area contributed by atoms with Crippen molar-refractivity contribution in [1.82, 2.24) is 15.5 Å². The maximum absolute atomic E-state index is 12.4. The lowest BCUT2D eigenvalue weighted by molar-refractivity contribution is 0.0942. The number of benzene rings is 2. The third-order valence-corrected chi connectivity index (χ3v) is 5.19. The molecule has 1 aromatic heterocycles. The Morgan fingerprint density at radius 3 is 2.33 bits per heavy atom. The molecule has 2 N–H and O–H groups in total. The van der Waals surface area contributed by atoms with Crippen molar-refractivity contribution in [3.05, 3.63) is 65.7 Å². The van der Waals surface area contributed by atoms with Crippen LogP contribution in [0.2, 0.25) is 0 Å². The molecule has 0 saturated carbocycles. The Bertz CT molecular complexity index is 910. The van der Waals surface area contributed by atoms with Crippen molar-refractivity contribution in [2.24, 2.45) is 0 Å². The molecular weight excluding hydrogens is 427 g/mol. The van der Waals surface area contributed by atoms with E-state index >= 15 is 0 Å². The highest BCUT2D eigenvalue weighted by Gasteiger charge is 2.35. The minimum atomic E-state index is -1.79. The van der Waals surface area contributed by atoms with Crippen LogP contribution in [0.5, 0.6) is 0 Å². The van der Waals surface area contributed by atoms with Crippen LogP contribution in [0.1, 0.15) is 15.9 Å². The van der Waals surface area contributed by atoms with E-state index in [1.165, 1.54) is 11.3 Å². The van der Waals surface area contributed by atoms with E-state index in [0.29, 0.717) is 10.7 Å². The molecule has 1 unspecified atom stereocenters. The van der Waals surface area contributed by atoms with Gasteiger partial charge < -0.3 is 10.6 Å². The molecule has 27 heavy (non-hydrogen) atoms. The summed E-state index contributed by atoms with van der Waals surface area (Å²) in [7, 11) is 0. The predicted molar refractivity (Wildman–Crippen MR) is 112 cm³/mol. The SMILES string of the molecule is Cc1ccc(-c2nnc(NC(NC(=O)c3ccccc3)C(Cl)(Cl)Cl)s2)cc1. The summed E-state index contributed by atoms with van der Waals surface area (Å²) in [6.45, 7) is 2.01. The average Bonchev–Trinajstić information content (AvgIpc) is 3.10. The summed E-state index contributed by atoms with van der Waals surface area (Å²) >= 11 is 19.4. The summed E-state index contributed by atoms with van der Waals surface area (Å²) < 4.78 is -1.79. The Kier molecular flexibility index (Phi) is 6.22. The van der Waals surface area contributed by atoms with E-state index in [-0.39, 0.29) is 5.91 Å². The van der Waals surface area contributed by atoms with Crippen molar-refractivity contribution >= 4 is 57.2 Å². The molecular formula is C18H15Cl3N4OS. The van der Waals surface area contributed by atoms with Crippen LogP contribution in [0, 0.1) is 6.92 Å². The fourth-order valence-corrected chi connectivity index (χ4v) is 3.33. The first-order valence-electron chi connectivity index (χ1n) is 7.92. The number of carbonyl (C=O) groups is 1. The lowest BCUT2D eigenvalue weighted by Gasteiger charge is -2.26. The summed E-state index contributed by atoms with van der Waals surface area (Å²) in [5.41, 5.74) is 2.54. The van der Waals surface area contributed by atoms with Crippen molar-refractivity contribution in [2.45, 2.75) is 16.9 Å². The number of carbonyl (C=O) groups excluding carboxylic acids is 1. The Hall–Kier alpha value is -1.86. The van der Waals surface area contributed by atoms with E-state index in [2.05, 4.69) is 20.8 Å². The Labute approximate surface area is 175 Å². The molecule has 1 amide bonds. The molecule has 9 heteroatoms. The second-order valence-corrected chi connectivity index (χ2v) is 9.08. The van der Waals surface area contributed by atoms with Gasteiger partial charge in [-0.05, 0) is 19.1 Å². The number of alkyl halides is 3. The van der Waals surface area contributed by atoms with Gasteiger partial charge in [0.05, 0.1) is 0 Å². The van der Waals surface area contributed by atoms with Crippen LogP contribution in [0.4, 0.5) is 5.13 Å². The number of hydrogen-bond donors (Lipinski definition) is 2. The molecule has 1 heterocycles. The van der Waals surface area contributed by atoms with Gasteiger partial charge in [-0.15, -0.1) is 10.2 Å². The molecule has 2 aromatic carbocycles. The van der Waals surface area contributed by atoms with E-state index in [1.54, 1.807) is 24.3 Å². The van der Waals surface area contributed by atoms with Crippen LogP contribution in [0.25, 0.3) is 10.6 Å². The van der Waals surface area contributed by atoms with Crippen LogP contribution in [0.3, 0.4) is 0 Å². The average molecular weight is 442 g/mol. The highest BCUT2D eigenvalue weighted by molar-refractivity contribution is 7.18. The minimum absolute atomic E-state index is 0.373. The van der Waals surface area contributed by atoms with Crippen LogP contribution in [-0.4, -0.2) is 26.1 Å². The largest absolute Gasteiger partial charge is 0.336 e. The molecule has 0 aliphatic carbocycles. The van der Waals surface area contributed by atoms with Gasteiger partial charge in [0, 0.05) is 11.1 Å². The Balaban J connectivity index is 1.75. The van der Waals surface area contributed by atoms with Gasteiger partial charge in [0.25, 0.3) is 5.91 Å². The number of aromatic nitrogens is 2. The fraction of sp³-hybridized carbons (Fsp3) is 0.167. The van der Waals surface area contributed by atoms with Crippen LogP contribution in [0.15, 0.2) is 54.6 Å². The van der Waals surface area contributed by atoms with Crippen molar-refractivity contribution in [1.29, 1.82) is 0 Å². The fourth-order valence-electron chi connectivity index (χ4n) is 2.22. The molecule has 5 nitrogen and oxygen atoms in total. The summed E-state index contributed by atoms with van der Waals surface area (Å²) in [6.07, 6.45) is -0.992. The normalized spacial score (nSPS) is 12.4. The molecule has 3 aromatic rings. The molecule has 1 atom stereocenters. The first kappa shape index (κ1) is 19.9. The van der Waals surface area contributed by atoms with Gasteiger partial charge in [0.1, 0.15) is 11.2 Å². The maximum atomic E-state index is 12.4. The number of anilines is 1. The second kappa shape index (κ2) is 8.44. The molecule has 0 aliphatic rings. The van der Waals surface area contributed by atoms with Crippen molar-refractivity contribution < 1.29 is 4.79 Å². The topological polar surface area (TPSA) is 66.9 Å². The van der Waals surface area contributed by atoms with Gasteiger partial charge in [-0.1, -0.05) is 94.2 Å². The molecule has 3 rings (SSSR count). The highest BCUT2D eigenvalue weighted by atomic mass is 35.6. The molecule has 0 aliphatic heterocycles. The van der Waals surface area contributed by atoms with E-state index in [1.807, 2.05) is 37.3 Å². The Morgan fingerprint density at radius 1 is 1.04 bits per heavy atom. The van der Waals surface area contributed by atoms with E-state index in [4.69, 9.17) is 34.8 Å². The second-order valence-electron chi connectivity index (χ2n) is 5.74. The number of rotatable bonds is 5. The zero-order valence-corrected chi connectivity index (χ0v) is 17.2. The zero-order chi connectivity index (χ0) is 19.4. The van der Waals surface area contributed by atoms with E-state index in [9.17, 15) is 4.79 Å². The van der Waals surface area contributed by atoms with Gasteiger partial charge >= 0.3 is 0 Å². The standard InChI is InChI=1S/C18H15Cl3N4OS/c1-11-7-9-13(10-8-11)15-24-25-17(27-15)23-16(18(19,20)21)22-14(26)12-5-3-2-4-6-12/h2-10,16H,1H3,(H,22,26)(H,23,25). The molecule has 0 spiro atoms. The molecule has 140 valence electrons. The summed E-state index contributed by atoms with van der Waals surface area (Å²) in [5, 5.41) is 15.0. The summed E-state index contributed by atoms with van der Waals surface area (Å²) in [4.78, 5) is 12.4. The zero-order valence-electron chi connectivity index (χ0n) is 14.1. The lowest BCUT2D eigenvalue weighted by Crippen LogP contribution is -2.49. The molecule has 0 radical (unpaired) electrons. The molecule has 0 fully saturated rings. The molecule has 0 bridgehead atoms. The number of nitrogens with zero attached hydrogens (tertiary/aromatic N) is 2. The number of halogens is 3. The smallest absolute Gasteiger partial charge is 0.252 e. The van der Waals surface area contributed by atoms with Crippen molar-refractivity contribution in [3.8, 4) is 10.6 Å². The third-order valence-electron chi connectivity index (χ3n) is 3.63. The lowest BCUT2D eigenvalue weighted by atomic mass is 10.2. The summed E-state index contributed by atoms with van der Waals surface area (Å²) in [5.74, 6) is -0.373. The maximum Gasteiger partial charge on any atom is 0.252 e. The number of nitrogens with one attached hydrogen (secondary N) is 2. The van der Waals surface area contributed by atoms with Crippen molar-refractivity contribution in [2.75, 3.05) is 5.32 Å². The van der Waals surface area contributed by atoms with Gasteiger partial charge in [-0.25, -0.2) is 0 Å². The number of amides is 1. The van der Waals surface area contributed by atoms with Crippen LogP contribution >= 0.6 is 46.1 Å². The number of aryl methyl sites for hydroxylation is 1.